The Bertz CT molecular complexity index is 547. The summed E-state index contributed by atoms with van der Waals surface area (Å²) in [4.78, 5) is 17.8. The van der Waals surface area contributed by atoms with Crippen molar-refractivity contribution in [1.82, 2.24) is 15.5 Å². The third kappa shape index (κ3) is 14.4. The maximum absolute atomic E-state index is 12.1. The number of amides is 1. The SMILES string of the molecule is CCN(CCNC(=NC)NC(C)CCS(C)(=O)=O)C(=O)OC(C)(C)C.I. The molecule has 156 valence electrons. The molecule has 0 bridgehead atoms. The number of sulfone groups is 1. The zero-order valence-electron chi connectivity index (χ0n) is 17.0. The van der Waals surface area contributed by atoms with Gasteiger partial charge in [0.25, 0.3) is 0 Å². The number of carbonyl (C=O) groups is 1. The highest BCUT2D eigenvalue weighted by atomic mass is 127. The van der Waals surface area contributed by atoms with Crippen molar-refractivity contribution in [1.29, 1.82) is 0 Å². The second-order valence-corrected chi connectivity index (χ2v) is 9.28. The van der Waals surface area contributed by atoms with Gasteiger partial charge in [-0.25, -0.2) is 13.2 Å². The summed E-state index contributed by atoms with van der Waals surface area (Å²) in [5.74, 6) is 0.696. The van der Waals surface area contributed by atoms with Gasteiger partial charge >= 0.3 is 6.09 Å². The van der Waals surface area contributed by atoms with E-state index < -0.39 is 15.4 Å². The predicted molar refractivity (Wildman–Crippen MR) is 117 cm³/mol. The first-order chi connectivity index (χ1) is 11.4. The van der Waals surface area contributed by atoms with Gasteiger partial charge in [-0.1, -0.05) is 0 Å². The van der Waals surface area contributed by atoms with Gasteiger partial charge in [-0.15, -0.1) is 24.0 Å². The number of guanidine groups is 1. The fourth-order valence-corrected chi connectivity index (χ4v) is 2.69. The number of ether oxygens (including phenoxy) is 1. The fraction of sp³-hybridized carbons (Fsp3) is 0.875. The zero-order chi connectivity index (χ0) is 19.7. The second-order valence-electron chi connectivity index (χ2n) is 7.02. The molecule has 0 radical (unpaired) electrons. The van der Waals surface area contributed by atoms with E-state index in [-0.39, 0.29) is 41.9 Å². The average Bonchev–Trinajstić information content (AvgIpc) is 2.45. The third-order valence-electron chi connectivity index (χ3n) is 3.24. The molecule has 1 amide bonds. The monoisotopic (exact) mass is 506 g/mol. The largest absolute Gasteiger partial charge is 0.444 e. The van der Waals surface area contributed by atoms with Crippen LogP contribution in [0.2, 0.25) is 0 Å². The number of carbonyl (C=O) groups excluding carboxylic acids is 1. The van der Waals surface area contributed by atoms with E-state index in [1.54, 1.807) is 11.9 Å². The Kier molecular flexibility index (Phi) is 13.3. The van der Waals surface area contributed by atoms with E-state index in [9.17, 15) is 13.2 Å². The number of hydrogen-bond acceptors (Lipinski definition) is 5. The lowest BCUT2D eigenvalue weighted by Gasteiger charge is -2.27. The summed E-state index contributed by atoms with van der Waals surface area (Å²) < 4.78 is 27.8. The summed E-state index contributed by atoms with van der Waals surface area (Å²) in [7, 11) is -1.33. The van der Waals surface area contributed by atoms with Crippen molar-refractivity contribution in [3.63, 3.8) is 0 Å². The number of aliphatic imine (C=N–C) groups is 1. The molecular weight excluding hydrogens is 471 g/mol. The molecule has 0 aromatic rings. The summed E-state index contributed by atoms with van der Waals surface area (Å²) in [5.41, 5.74) is -0.523. The van der Waals surface area contributed by atoms with Crippen molar-refractivity contribution in [2.24, 2.45) is 4.99 Å². The molecule has 26 heavy (non-hydrogen) atoms. The molecule has 0 spiro atoms. The number of rotatable bonds is 8. The Morgan fingerprint density at radius 1 is 1.31 bits per heavy atom. The van der Waals surface area contributed by atoms with E-state index in [0.29, 0.717) is 32.0 Å². The first-order valence-corrected chi connectivity index (χ1v) is 10.6. The third-order valence-corrected chi connectivity index (χ3v) is 4.21. The molecule has 0 fully saturated rings. The smallest absolute Gasteiger partial charge is 0.410 e. The predicted octanol–water partition coefficient (Wildman–Crippen LogP) is 1.85. The van der Waals surface area contributed by atoms with E-state index in [2.05, 4.69) is 15.6 Å². The van der Waals surface area contributed by atoms with Crippen LogP contribution in [-0.4, -0.2) is 75.7 Å². The van der Waals surface area contributed by atoms with Gasteiger partial charge in [0.2, 0.25) is 0 Å². The van der Waals surface area contributed by atoms with Crippen molar-refractivity contribution < 1.29 is 17.9 Å². The molecule has 8 nitrogen and oxygen atoms in total. The van der Waals surface area contributed by atoms with E-state index in [1.165, 1.54) is 6.26 Å². The summed E-state index contributed by atoms with van der Waals surface area (Å²) in [6.45, 7) is 10.8. The first-order valence-electron chi connectivity index (χ1n) is 8.50. The summed E-state index contributed by atoms with van der Waals surface area (Å²) in [5, 5.41) is 6.26. The summed E-state index contributed by atoms with van der Waals surface area (Å²) in [6.07, 6.45) is 1.38. The second kappa shape index (κ2) is 12.6. The number of hydrogen-bond donors (Lipinski definition) is 2. The Balaban J connectivity index is 0. The number of nitrogens with zero attached hydrogens (tertiary/aromatic N) is 2. The molecular formula is C16H35IN4O4S. The average molecular weight is 506 g/mol. The highest BCUT2D eigenvalue weighted by Gasteiger charge is 2.20. The Labute approximate surface area is 175 Å². The molecule has 1 atom stereocenters. The van der Waals surface area contributed by atoms with Crippen LogP contribution in [0.3, 0.4) is 0 Å². The van der Waals surface area contributed by atoms with Crippen LogP contribution in [0.1, 0.15) is 41.0 Å². The van der Waals surface area contributed by atoms with Crippen LogP contribution in [-0.2, 0) is 14.6 Å². The van der Waals surface area contributed by atoms with Gasteiger partial charge in [-0.2, -0.15) is 0 Å². The van der Waals surface area contributed by atoms with Gasteiger partial charge in [0.05, 0.1) is 5.75 Å². The van der Waals surface area contributed by atoms with Crippen molar-refractivity contribution in [3.05, 3.63) is 0 Å². The standard InChI is InChI=1S/C16H34N4O4S.HI/c1-8-20(15(21)24-16(3,4)5)11-10-18-14(17-6)19-13(2)9-12-25(7,22)23;/h13H,8-12H2,1-7H3,(H2,17,18,19);1H. The van der Waals surface area contributed by atoms with Crippen LogP contribution in [0.25, 0.3) is 0 Å². The van der Waals surface area contributed by atoms with Crippen LogP contribution < -0.4 is 10.6 Å². The van der Waals surface area contributed by atoms with Gasteiger partial charge in [0, 0.05) is 39.0 Å². The van der Waals surface area contributed by atoms with Crippen LogP contribution in [0, 0.1) is 0 Å². The molecule has 0 saturated heterocycles. The van der Waals surface area contributed by atoms with E-state index in [0.717, 1.165) is 0 Å². The number of nitrogens with one attached hydrogen (secondary N) is 2. The highest BCUT2D eigenvalue weighted by Crippen LogP contribution is 2.09. The van der Waals surface area contributed by atoms with E-state index in [1.807, 2.05) is 34.6 Å². The Morgan fingerprint density at radius 2 is 1.88 bits per heavy atom. The number of likely N-dealkylation sites (N-methyl/N-ethyl adjacent to an activating group) is 1. The van der Waals surface area contributed by atoms with Gasteiger partial charge in [0.15, 0.2) is 5.96 Å². The topological polar surface area (TPSA) is 100 Å². The molecule has 0 rings (SSSR count). The Morgan fingerprint density at radius 3 is 2.31 bits per heavy atom. The zero-order valence-corrected chi connectivity index (χ0v) is 20.1. The van der Waals surface area contributed by atoms with Crippen molar-refractivity contribution in [2.45, 2.75) is 52.7 Å². The fourth-order valence-electron chi connectivity index (χ4n) is 1.91. The molecule has 0 aliphatic rings. The van der Waals surface area contributed by atoms with E-state index in [4.69, 9.17) is 4.74 Å². The molecule has 0 aliphatic carbocycles. The molecule has 10 heteroatoms. The maximum atomic E-state index is 12.1. The van der Waals surface area contributed by atoms with Crippen LogP contribution >= 0.6 is 24.0 Å². The van der Waals surface area contributed by atoms with Gasteiger partial charge < -0.3 is 20.3 Å². The van der Waals surface area contributed by atoms with Gasteiger partial charge in [-0.3, -0.25) is 4.99 Å². The quantitative estimate of drug-likeness (QED) is 0.296. The van der Waals surface area contributed by atoms with Gasteiger partial charge in [0.1, 0.15) is 15.4 Å². The molecule has 1 unspecified atom stereocenters. The lowest BCUT2D eigenvalue weighted by molar-refractivity contribution is 0.0264. The molecule has 0 heterocycles. The lowest BCUT2D eigenvalue weighted by atomic mass is 10.2. The minimum Gasteiger partial charge on any atom is -0.444 e. The van der Waals surface area contributed by atoms with Gasteiger partial charge in [-0.05, 0) is 41.0 Å². The van der Waals surface area contributed by atoms with Crippen molar-refractivity contribution in [2.75, 3.05) is 38.7 Å². The van der Waals surface area contributed by atoms with Crippen LogP contribution in [0.4, 0.5) is 4.79 Å². The molecule has 0 saturated carbocycles. The highest BCUT2D eigenvalue weighted by molar-refractivity contribution is 14.0. The molecule has 2 N–H and O–H groups in total. The first kappa shape index (κ1) is 27.4. The Hall–Kier alpha value is -0.780. The minimum absolute atomic E-state index is 0. The summed E-state index contributed by atoms with van der Waals surface area (Å²) >= 11 is 0. The van der Waals surface area contributed by atoms with E-state index >= 15 is 0 Å². The molecule has 0 aromatic carbocycles. The van der Waals surface area contributed by atoms with Crippen molar-refractivity contribution >= 4 is 45.9 Å². The summed E-state index contributed by atoms with van der Waals surface area (Å²) in [6, 6.07) is -0.0333. The molecule has 0 aliphatic heterocycles. The van der Waals surface area contributed by atoms with Crippen molar-refractivity contribution in [3.8, 4) is 0 Å². The normalized spacial score (nSPS) is 13.4. The van der Waals surface area contributed by atoms with Crippen LogP contribution in [0.5, 0.6) is 0 Å². The maximum Gasteiger partial charge on any atom is 0.410 e. The molecule has 0 aromatic heterocycles. The lowest BCUT2D eigenvalue weighted by Crippen LogP contribution is -2.46. The number of halogens is 1. The minimum atomic E-state index is -2.98. The van der Waals surface area contributed by atoms with Crippen LogP contribution in [0.15, 0.2) is 4.99 Å².